The van der Waals surface area contributed by atoms with E-state index in [4.69, 9.17) is 0 Å². The van der Waals surface area contributed by atoms with Crippen molar-refractivity contribution in [2.45, 2.75) is 57.7 Å². The van der Waals surface area contributed by atoms with E-state index in [1.807, 2.05) is 0 Å². The van der Waals surface area contributed by atoms with Gasteiger partial charge in [0.05, 0.1) is 11.9 Å². The number of anilines is 1. The van der Waals surface area contributed by atoms with Gasteiger partial charge >= 0.3 is 0 Å². The minimum atomic E-state index is -3.80. The maximum atomic E-state index is 13.5. The van der Waals surface area contributed by atoms with Crippen LogP contribution in [-0.4, -0.2) is 50.0 Å². The molecule has 1 aliphatic rings. The van der Waals surface area contributed by atoms with Gasteiger partial charge in [0, 0.05) is 17.1 Å². The second-order valence-corrected chi connectivity index (χ2v) is 11.7. The van der Waals surface area contributed by atoms with Gasteiger partial charge in [0.15, 0.2) is 0 Å². The molecule has 1 aliphatic carbocycles. The van der Waals surface area contributed by atoms with E-state index >= 15 is 0 Å². The lowest BCUT2D eigenvalue weighted by molar-refractivity contribution is -0.139. The summed E-state index contributed by atoms with van der Waals surface area (Å²) in [6, 6.07) is 11.5. The SMILES string of the molecule is CC(C(=O)NC1CCCCC1)N(Cc1ccc(F)cc1)C(=O)CN(c1cccc(Br)c1)S(C)(=O)=O. The zero-order valence-electron chi connectivity index (χ0n) is 19.9. The molecule has 10 heteroatoms. The standard InChI is InChI=1S/C25H31BrFN3O4S/c1-18(25(32)28-22-8-4-3-5-9-22)29(16-19-11-13-21(27)14-12-19)24(31)17-30(35(2,33)34)23-10-6-7-20(26)15-23/h6-7,10-15,18,22H,3-5,8-9,16-17H2,1-2H3,(H,28,32). The lowest BCUT2D eigenvalue weighted by Crippen LogP contribution is -2.52. The summed E-state index contributed by atoms with van der Waals surface area (Å²) < 4.78 is 40.3. The average Bonchev–Trinajstić information content (AvgIpc) is 2.81. The maximum absolute atomic E-state index is 13.5. The first kappa shape index (κ1) is 27.1. The number of carbonyl (C=O) groups excluding carboxylic acids is 2. The number of amides is 2. The second-order valence-electron chi connectivity index (χ2n) is 8.92. The first-order chi connectivity index (χ1) is 16.5. The molecular formula is C25H31BrFN3O4S. The first-order valence-electron chi connectivity index (χ1n) is 11.6. The van der Waals surface area contributed by atoms with Crippen LogP contribution in [0.3, 0.4) is 0 Å². The van der Waals surface area contributed by atoms with E-state index in [1.165, 1.54) is 17.0 Å². The molecule has 1 atom stereocenters. The van der Waals surface area contributed by atoms with E-state index in [2.05, 4.69) is 21.2 Å². The Hall–Kier alpha value is -2.46. The molecule has 0 spiro atoms. The topological polar surface area (TPSA) is 86.8 Å². The van der Waals surface area contributed by atoms with Crippen LogP contribution in [0.1, 0.15) is 44.6 Å². The van der Waals surface area contributed by atoms with Crippen LogP contribution >= 0.6 is 15.9 Å². The summed E-state index contributed by atoms with van der Waals surface area (Å²) >= 11 is 3.33. The predicted octanol–water partition coefficient (Wildman–Crippen LogP) is 4.22. The summed E-state index contributed by atoms with van der Waals surface area (Å²) in [5, 5.41) is 3.04. The third-order valence-electron chi connectivity index (χ3n) is 6.16. The molecule has 190 valence electrons. The molecule has 1 fully saturated rings. The minimum absolute atomic E-state index is 0.0362. The van der Waals surface area contributed by atoms with Gasteiger partial charge < -0.3 is 10.2 Å². The van der Waals surface area contributed by atoms with Crippen molar-refractivity contribution in [1.29, 1.82) is 0 Å². The Bertz CT molecular complexity index is 1140. The normalized spacial score (nSPS) is 15.3. The van der Waals surface area contributed by atoms with Gasteiger partial charge in [-0.25, -0.2) is 12.8 Å². The van der Waals surface area contributed by atoms with E-state index in [0.717, 1.165) is 42.7 Å². The summed E-state index contributed by atoms with van der Waals surface area (Å²) in [6.45, 7) is 1.19. The van der Waals surface area contributed by atoms with Gasteiger partial charge in [0.25, 0.3) is 0 Å². The summed E-state index contributed by atoms with van der Waals surface area (Å²) in [7, 11) is -3.80. The minimum Gasteiger partial charge on any atom is -0.352 e. The zero-order valence-corrected chi connectivity index (χ0v) is 22.3. The highest BCUT2D eigenvalue weighted by atomic mass is 79.9. The van der Waals surface area contributed by atoms with Crippen LogP contribution in [0.4, 0.5) is 10.1 Å². The number of nitrogens with one attached hydrogen (secondary N) is 1. The van der Waals surface area contributed by atoms with Crippen LogP contribution in [0, 0.1) is 5.82 Å². The molecule has 0 saturated heterocycles. The van der Waals surface area contributed by atoms with E-state index in [1.54, 1.807) is 43.3 Å². The highest BCUT2D eigenvalue weighted by Gasteiger charge is 2.31. The van der Waals surface area contributed by atoms with Crippen molar-refractivity contribution in [1.82, 2.24) is 10.2 Å². The number of halogens is 2. The second kappa shape index (κ2) is 12.0. The number of hydrogen-bond donors (Lipinski definition) is 1. The predicted molar refractivity (Wildman–Crippen MR) is 138 cm³/mol. The van der Waals surface area contributed by atoms with Gasteiger partial charge in [-0.05, 0) is 55.7 Å². The molecule has 35 heavy (non-hydrogen) atoms. The highest BCUT2D eigenvalue weighted by Crippen LogP contribution is 2.23. The Labute approximate surface area is 214 Å². The molecule has 0 aliphatic heterocycles. The van der Waals surface area contributed by atoms with Crippen molar-refractivity contribution < 1.29 is 22.4 Å². The Morgan fingerprint density at radius 3 is 2.37 bits per heavy atom. The van der Waals surface area contributed by atoms with Crippen molar-refractivity contribution in [2.24, 2.45) is 0 Å². The van der Waals surface area contributed by atoms with Crippen LogP contribution in [0.5, 0.6) is 0 Å². The Morgan fingerprint density at radius 1 is 1.11 bits per heavy atom. The molecule has 7 nitrogen and oxygen atoms in total. The average molecular weight is 569 g/mol. The molecule has 3 rings (SSSR count). The van der Waals surface area contributed by atoms with Crippen LogP contribution in [-0.2, 0) is 26.2 Å². The van der Waals surface area contributed by atoms with Gasteiger partial charge in [-0.3, -0.25) is 13.9 Å². The smallest absolute Gasteiger partial charge is 0.244 e. The molecule has 0 radical (unpaired) electrons. The fourth-order valence-corrected chi connectivity index (χ4v) is 5.41. The van der Waals surface area contributed by atoms with Gasteiger partial charge in [-0.2, -0.15) is 0 Å². The lowest BCUT2D eigenvalue weighted by Gasteiger charge is -2.33. The molecule has 1 N–H and O–H groups in total. The first-order valence-corrected chi connectivity index (χ1v) is 14.3. The van der Waals surface area contributed by atoms with Crippen LogP contribution in [0.25, 0.3) is 0 Å². The number of nitrogens with zero attached hydrogens (tertiary/aromatic N) is 2. The van der Waals surface area contributed by atoms with E-state index in [9.17, 15) is 22.4 Å². The molecule has 0 aromatic heterocycles. The summed E-state index contributed by atoms with van der Waals surface area (Å²) in [4.78, 5) is 28.0. The van der Waals surface area contributed by atoms with E-state index in [0.29, 0.717) is 15.7 Å². The van der Waals surface area contributed by atoms with E-state index < -0.39 is 34.3 Å². The van der Waals surface area contributed by atoms with Crippen molar-refractivity contribution in [2.75, 3.05) is 17.1 Å². The summed E-state index contributed by atoms with van der Waals surface area (Å²) in [5.41, 5.74) is 0.960. The summed E-state index contributed by atoms with van der Waals surface area (Å²) in [6.07, 6.45) is 6.07. The van der Waals surface area contributed by atoms with Crippen molar-refractivity contribution in [3.8, 4) is 0 Å². The summed E-state index contributed by atoms with van der Waals surface area (Å²) in [5.74, 6) is -1.24. The molecule has 0 bridgehead atoms. The molecular weight excluding hydrogens is 537 g/mol. The fourth-order valence-electron chi connectivity index (χ4n) is 4.18. The van der Waals surface area contributed by atoms with E-state index in [-0.39, 0.29) is 18.5 Å². The van der Waals surface area contributed by atoms with Crippen LogP contribution < -0.4 is 9.62 Å². The molecule has 2 aromatic carbocycles. The highest BCUT2D eigenvalue weighted by molar-refractivity contribution is 9.10. The van der Waals surface area contributed by atoms with Gasteiger partial charge in [-0.1, -0.05) is 53.4 Å². The largest absolute Gasteiger partial charge is 0.352 e. The van der Waals surface area contributed by atoms with Gasteiger partial charge in [0.2, 0.25) is 21.8 Å². The van der Waals surface area contributed by atoms with Gasteiger partial charge in [0.1, 0.15) is 18.4 Å². The maximum Gasteiger partial charge on any atom is 0.244 e. The van der Waals surface area contributed by atoms with Crippen LogP contribution in [0.2, 0.25) is 0 Å². The van der Waals surface area contributed by atoms with Crippen molar-refractivity contribution in [3.63, 3.8) is 0 Å². The van der Waals surface area contributed by atoms with Crippen molar-refractivity contribution in [3.05, 3.63) is 64.4 Å². The Morgan fingerprint density at radius 2 is 1.77 bits per heavy atom. The molecule has 2 aromatic rings. The van der Waals surface area contributed by atoms with Crippen LogP contribution in [0.15, 0.2) is 53.0 Å². The number of hydrogen-bond acceptors (Lipinski definition) is 4. The molecule has 1 saturated carbocycles. The molecule has 2 amide bonds. The molecule has 1 unspecified atom stereocenters. The number of sulfonamides is 1. The Balaban J connectivity index is 1.86. The molecule has 0 heterocycles. The number of carbonyl (C=O) groups is 2. The monoisotopic (exact) mass is 567 g/mol. The third-order valence-corrected chi connectivity index (χ3v) is 7.79. The fraction of sp³-hybridized carbons (Fsp3) is 0.440. The number of rotatable bonds is 9. The quantitative estimate of drug-likeness (QED) is 0.491. The lowest BCUT2D eigenvalue weighted by atomic mass is 9.95. The van der Waals surface area contributed by atoms with Gasteiger partial charge in [-0.15, -0.1) is 0 Å². The van der Waals surface area contributed by atoms with Crippen molar-refractivity contribution >= 4 is 43.5 Å². The third kappa shape index (κ3) is 7.76. The zero-order chi connectivity index (χ0) is 25.6. The Kier molecular flexibility index (Phi) is 9.29. The number of benzene rings is 2.